The van der Waals surface area contributed by atoms with Gasteiger partial charge in [0.15, 0.2) is 62.9 Å². The molecule has 0 bridgehead atoms. The standard InChI is InChI=1S/C81H134N6O58/c1-19-43(104)55(116)58(119)75(127-19)125-17-35-63(52(113)38(70(122)128-35)83-21(3)97)137-73-41(86-24(6)100)53(114)62(33(15-94)134-73)139-77-60(121)67(141-79-69(57(118)48(109)31(13-92)133-79)143-72-40(85-23(5)99)51(112)46(107)29(11-90)130-72)64(140-71-39(84-22(4)98)50(111)45(106)28(10-89)129-71)36(136-77)18-126-78-68(56(117)47(108)30(12-91)132-78)142-74-42(87-25(7)101)54(115)61(34(16-95)135-74)138-76-59(120)66(49(110)32(14-93)131-76)145-81(80(123)124)8-26(102)37(82-20(2)96)65(144-81)44(105)27(103)9-88/h19,26-79,88-95,102-122H,8-18H2,1-7H3,(H,82,96)(H,83,97)(H,84,98)(H,85,99)(H,86,100)(H,87,101)(H,123,124)/t19-,26-,27+,28+,29+,30+,31+,32+,33+,34+,35+,36+,37+,38+,39+,40+,41+,42+,43+,44+,45+,46+,47+,48+,49-,50+,51+,52+,53+,54+,55+,56-,57-,58-,59+,60-,61+,62+,63+,64+,65+,66-,67+,68-,69-,70+,71-,72-,73-,74-,75+,76-,77-,78-,79+,81-/m0/s1. The van der Waals surface area contributed by atoms with E-state index in [4.69, 9.17) is 99.5 Å². The summed E-state index contributed by atoms with van der Waals surface area (Å²) in [5, 5.41) is 355. The summed E-state index contributed by atoms with van der Waals surface area (Å²) < 4.78 is 128. The van der Waals surface area contributed by atoms with Gasteiger partial charge < -0.3 is 285 Å². The number of aliphatic carboxylic acids is 1. The number of hydrogen-bond donors (Lipinski definition) is 36. The molecule has 64 heteroatoms. The Morgan fingerprint density at radius 2 is 0.614 bits per heavy atom. The number of carboxylic acid groups (broad SMARTS) is 1. The number of rotatable bonds is 39. The van der Waals surface area contributed by atoms with Crippen molar-refractivity contribution in [1.82, 2.24) is 31.9 Å². The Hall–Kier alpha value is -5.71. The maximum Gasteiger partial charge on any atom is 0.364 e. The van der Waals surface area contributed by atoms with Gasteiger partial charge in [0.25, 0.3) is 5.79 Å². The molecular weight excluding hydrogens is 1980 g/mol. The molecule has 0 aromatic rings. The van der Waals surface area contributed by atoms with Crippen molar-refractivity contribution in [2.75, 3.05) is 66.1 Å². The van der Waals surface area contributed by atoms with Crippen molar-refractivity contribution in [2.24, 2.45) is 0 Å². The van der Waals surface area contributed by atoms with Crippen LogP contribution in [-0.2, 0) is 133 Å². The van der Waals surface area contributed by atoms with Crippen molar-refractivity contribution in [1.29, 1.82) is 0 Å². The summed E-state index contributed by atoms with van der Waals surface area (Å²) in [5.74, 6) is -11.5. The smallest absolute Gasteiger partial charge is 0.364 e. The van der Waals surface area contributed by atoms with E-state index in [2.05, 4.69) is 31.9 Å². The molecule has 64 nitrogen and oxygen atoms in total. The first kappa shape index (κ1) is 120. The first-order valence-electron chi connectivity index (χ1n) is 46.1. The highest BCUT2D eigenvalue weighted by molar-refractivity contribution is 5.77. The Morgan fingerprint density at radius 3 is 1.04 bits per heavy atom. The molecule has 0 aliphatic carbocycles. The maximum atomic E-state index is 13.5. The van der Waals surface area contributed by atoms with Gasteiger partial charge in [0.1, 0.15) is 256 Å². The van der Waals surface area contributed by atoms with E-state index < -0.39 is 457 Å². The highest BCUT2D eigenvalue weighted by atomic mass is 16.8. The molecule has 0 radical (unpaired) electrons. The van der Waals surface area contributed by atoms with Crippen LogP contribution in [0.3, 0.4) is 0 Å². The predicted octanol–water partition coefficient (Wildman–Crippen LogP) is -23.9. The number of ether oxygens (including phenoxy) is 21. The van der Waals surface area contributed by atoms with Crippen molar-refractivity contribution < 1.29 is 286 Å². The van der Waals surface area contributed by atoms with E-state index >= 15 is 0 Å². The predicted molar refractivity (Wildman–Crippen MR) is 448 cm³/mol. The fourth-order valence-corrected chi connectivity index (χ4v) is 18.8. The first-order valence-corrected chi connectivity index (χ1v) is 46.1. The summed E-state index contributed by atoms with van der Waals surface area (Å²) in [5.41, 5.74) is 0. The van der Waals surface area contributed by atoms with Crippen molar-refractivity contribution in [3.63, 3.8) is 0 Å². The van der Waals surface area contributed by atoms with Crippen molar-refractivity contribution in [3.8, 4) is 0 Å². The second-order valence-corrected chi connectivity index (χ2v) is 36.7. The molecule has 11 aliphatic rings. The van der Waals surface area contributed by atoms with Gasteiger partial charge >= 0.3 is 5.97 Å². The van der Waals surface area contributed by atoms with Crippen LogP contribution in [0.5, 0.6) is 0 Å². The minimum absolute atomic E-state index is 0.840. The van der Waals surface area contributed by atoms with E-state index in [0.29, 0.717) is 0 Å². The quantitative estimate of drug-likeness (QED) is 0.0272. The monoisotopic (exact) mass is 2120 g/mol. The SMILES string of the molecule is CC(=O)N[C@@H]1[C@@H](O)[C@H](O[C@@H]2O[C@H](CO)[C@@H](O[C@@H]3O[C@H](CO[C@H]4O[C@H](CO)[C@@H](O)[C@H](O)[C@@H]4O[C@@H]4O[C@H](CO)[C@@H](O[C@@H]5O[C@H](CO)[C@H](O)[C@H](O[C@]6(C(=O)O)C[C@H](O)[C@@H](NC(C)=O)[C@H]([C@H](O)[C@H](O)CO)O6)[C@H]5O)[C@H](O)[C@H]4NC(C)=O)[C@@H](O[C@@H]4O[C@H](CO)[C@@H](O)[C@H](O)[C@H]4NC(C)=O)[C@H](O[C@H]4O[C@H](CO)[C@@H](O)[C@H](O)[C@@H]4O[C@@H]4O[C@H](CO)[C@@H](O)[C@H](O)[C@H]4NC(C)=O)[C@@H]3O)[C@H](O)[C@H]2NC(C)=O)[C@@H](CO[C@@H]2O[C@@H](C)[C@@H](O)[C@@H](O)[C@@H]2O)O[C@H]1O. The summed E-state index contributed by atoms with van der Waals surface area (Å²) in [4.78, 5) is 91.4. The van der Waals surface area contributed by atoms with Gasteiger partial charge in [-0.15, -0.1) is 0 Å². The molecule has 145 heavy (non-hydrogen) atoms. The Labute approximate surface area is 821 Å². The van der Waals surface area contributed by atoms with Gasteiger partial charge in [-0.3, -0.25) is 28.8 Å². The largest absolute Gasteiger partial charge is 0.477 e. The lowest BCUT2D eigenvalue weighted by molar-refractivity contribution is -0.408. The van der Waals surface area contributed by atoms with Gasteiger partial charge in [0.2, 0.25) is 35.4 Å². The molecule has 0 aromatic heterocycles. The molecule has 6 amide bonds. The van der Waals surface area contributed by atoms with Crippen LogP contribution in [0.25, 0.3) is 0 Å². The van der Waals surface area contributed by atoms with Crippen molar-refractivity contribution in [2.45, 2.75) is 398 Å². The molecule has 0 aromatic carbocycles. The fourth-order valence-electron chi connectivity index (χ4n) is 18.8. The van der Waals surface area contributed by atoms with Crippen LogP contribution in [-0.4, -0.2) is 604 Å². The van der Waals surface area contributed by atoms with Crippen LogP contribution < -0.4 is 31.9 Å². The minimum Gasteiger partial charge on any atom is -0.477 e. The van der Waals surface area contributed by atoms with Crippen LogP contribution in [0, 0.1) is 0 Å². The topological polar surface area (TPSA) is 992 Å². The summed E-state index contributed by atoms with van der Waals surface area (Å²) in [7, 11) is 0. The van der Waals surface area contributed by atoms with E-state index in [1.54, 1.807) is 0 Å². The van der Waals surface area contributed by atoms with Crippen LogP contribution >= 0.6 is 0 Å². The fraction of sp³-hybridized carbons (Fsp3) is 0.914. The highest BCUT2D eigenvalue weighted by Crippen LogP contribution is 2.44. The number of aliphatic hydroxyl groups is 29. The van der Waals surface area contributed by atoms with Gasteiger partial charge in [-0.1, -0.05) is 0 Å². The number of carbonyl (C=O) groups is 7. The van der Waals surface area contributed by atoms with E-state index in [1.165, 1.54) is 6.92 Å². The third-order valence-corrected chi connectivity index (χ3v) is 26.3. The highest BCUT2D eigenvalue weighted by Gasteiger charge is 2.65. The summed E-state index contributed by atoms with van der Waals surface area (Å²) in [6.07, 6.45) is -111. The zero-order chi connectivity index (χ0) is 107. The van der Waals surface area contributed by atoms with Crippen LogP contribution in [0.2, 0.25) is 0 Å². The number of carbonyl (C=O) groups excluding carboxylic acids is 6. The molecule has 0 saturated carbocycles. The molecule has 56 atom stereocenters. The van der Waals surface area contributed by atoms with Gasteiger partial charge in [0, 0.05) is 48.0 Å². The molecule has 36 N–H and O–H groups in total. The molecule has 0 unspecified atom stereocenters. The summed E-state index contributed by atoms with van der Waals surface area (Å²) >= 11 is 0. The van der Waals surface area contributed by atoms with Gasteiger partial charge in [-0.25, -0.2) is 4.79 Å². The summed E-state index contributed by atoms with van der Waals surface area (Å²) in [6, 6.07) is -12.0. The molecule has 11 heterocycles. The third kappa shape index (κ3) is 26.9. The van der Waals surface area contributed by atoms with Crippen molar-refractivity contribution in [3.05, 3.63) is 0 Å². The molecule has 11 rings (SSSR count). The Bertz CT molecular complexity index is 4150. The van der Waals surface area contributed by atoms with Crippen molar-refractivity contribution >= 4 is 41.4 Å². The normalized spacial score (nSPS) is 47.2. The lowest BCUT2D eigenvalue weighted by atomic mass is 9.88. The van der Waals surface area contributed by atoms with E-state index in [0.717, 1.165) is 41.5 Å². The zero-order valence-electron chi connectivity index (χ0n) is 78.4. The van der Waals surface area contributed by atoms with Crippen LogP contribution in [0.1, 0.15) is 54.9 Å². The first-order chi connectivity index (χ1) is 68.4. The number of amides is 6. The van der Waals surface area contributed by atoms with Gasteiger partial charge in [-0.2, -0.15) is 0 Å². The van der Waals surface area contributed by atoms with Gasteiger partial charge in [0.05, 0.1) is 84.3 Å². The Balaban J connectivity index is 0.987. The summed E-state index contributed by atoms with van der Waals surface area (Å²) in [6.45, 7) is -5.79. The number of hydrogen-bond acceptors (Lipinski definition) is 57. The van der Waals surface area contributed by atoms with E-state index in [1.807, 2.05) is 0 Å². The lowest BCUT2D eigenvalue weighted by Gasteiger charge is -2.52. The van der Waals surface area contributed by atoms with E-state index in [-0.39, 0.29) is 0 Å². The molecular formula is C81H134N6O58. The molecule has 836 valence electrons. The Morgan fingerprint density at radius 1 is 0.297 bits per heavy atom. The molecule has 11 fully saturated rings. The lowest BCUT2D eigenvalue weighted by Crippen LogP contribution is -2.71. The average molecular weight is 2120 g/mol. The molecule has 11 saturated heterocycles. The Kier molecular flexibility index (Phi) is 42.7. The molecule has 0 spiro atoms. The maximum absolute atomic E-state index is 13.5. The van der Waals surface area contributed by atoms with Crippen LogP contribution in [0.4, 0.5) is 0 Å². The third-order valence-electron chi connectivity index (χ3n) is 26.3. The van der Waals surface area contributed by atoms with E-state index in [9.17, 15) is 187 Å². The zero-order valence-corrected chi connectivity index (χ0v) is 78.4. The second kappa shape index (κ2) is 51.8. The molecule has 11 aliphatic heterocycles. The van der Waals surface area contributed by atoms with Gasteiger partial charge in [-0.05, 0) is 6.92 Å². The average Bonchev–Trinajstić information content (AvgIpc) is 0.753. The second-order valence-electron chi connectivity index (χ2n) is 36.7. The number of carboxylic acids is 1. The minimum atomic E-state index is -3.36. The van der Waals surface area contributed by atoms with Crippen LogP contribution in [0.15, 0.2) is 0 Å². The number of aliphatic hydroxyl groups excluding tert-OH is 29. The number of nitrogens with one attached hydrogen (secondary N) is 6.